The Bertz CT molecular complexity index is 729. The molecular formula is C21H29N3O2. The van der Waals surface area contributed by atoms with Crippen LogP contribution in [0.4, 0.5) is 0 Å². The van der Waals surface area contributed by atoms with E-state index < -0.39 is 0 Å². The van der Waals surface area contributed by atoms with E-state index in [4.69, 9.17) is 9.47 Å². The topological polar surface area (TPSA) is 54.9 Å². The zero-order chi connectivity index (χ0) is 18.8. The molecule has 2 aromatic rings. The van der Waals surface area contributed by atoms with Crippen LogP contribution in [0.5, 0.6) is 5.75 Å². The number of aliphatic imine (C=N–C) groups is 1. The van der Waals surface area contributed by atoms with E-state index in [1.54, 1.807) is 14.2 Å². The van der Waals surface area contributed by atoms with Gasteiger partial charge in [0, 0.05) is 32.8 Å². The highest BCUT2D eigenvalue weighted by atomic mass is 16.5. The predicted molar refractivity (Wildman–Crippen MR) is 107 cm³/mol. The van der Waals surface area contributed by atoms with Crippen molar-refractivity contribution in [2.45, 2.75) is 33.5 Å². The lowest BCUT2D eigenvalue weighted by molar-refractivity contribution is 0.185. The number of nitrogens with zero attached hydrogens (tertiary/aromatic N) is 1. The summed E-state index contributed by atoms with van der Waals surface area (Å²) in [5, 5.41) is 6.69. The van der Waals surface area contributed by atoms with Gasteiger partial charge in [-0.3, -0.25) is 4.99 Å². The van der Waals surface area contributed by atoms with Gasteiger partial charge in [-0.05, 0) is 36.6 Å². The van der Waals surface area contributed by atoms with Crippen molar-refractivity contribution in [2.75, 3.05) is 20.8 Å². The molecule has 0 saturated carbocycles. The van der Waals surface area contributed by atoms with Gasteiger partial charge in [0.05, 0.1) is 13.2 Å². The summed E-state index contributed by atoms with van der Waals surface area (Å²) in [5.41, 5.74) is 4.65. The van der Waals surface area contributed by atoms with Crippen LogP contribution in [0.2, 0.25) is 0 Å². The molecule has 2 aromatic carbocycles. The number of nitrogens with one attached hydrogen (secondary N) is 2. The number of hydrogen-bond acceptors (Lipinski definition) is 3. The third-order valence-electron chi connectivity index (χ3n) is 3.95. The van der Waals surface area contributed by atoms with Crippen LogP contribution in [0, 0.1) is 6.92 Å². The second-order valence-corrected chi connectivity index (χ2v) is 6.08. The Morgan fingerprint density at radius 2 is 1.81 bits per heavy atom. The molecule has 0 amide bonds. The molecule has 0 fully saturated rings. The Morgan fingerprint density at radius 1 is 1.04 bits per heavy atom. The first-order valence-electron chi connectivity index (χ1n) is 8.89. The average molecular weight is 355 g/mol. The number of methoxy groups -OCH3 is 1. The summed E-state index contributed by atoms with van der Waals surface area (Å²) in [4.78, 5) is 4.30. The van der Waals surface area contributed by atoms with Gasteiger partial charge in [-0.15, -0.1) is 0 Å². The highest BCUT2D eigenvalue weighted by Crippen LogP contribution is 2.20. The molecule has 0 saturated heterocycles. The molecule has 0 aliphatic rings. The summed E-state index contributed by atoms with van der Waals surface area (Å²) in [6, 6.07) is 14.6. The van der Waals surface area contributed by atoms with Gasteiger partial charge in [0.15, 0.2) is 5.96 Å². The van der Waals surface area contributed by atoms with Gasteiger partial charge >= 0.3 is 0 Å². The van der Waals surface area contributed by atoms with Crippen molar-refractivity contribution in [1.82, 2.24) is 10.6 Å². The van der Waals surface area contributed by atoms with Gasteiger partial charge in [0.2, 0.25) is 0 Å². The third kappa shape index (κ3) is 6.08. The minimum absolute atomic E-state index is 0.619. The molecule has 0 heterocycles. The standard InChI is InChI=1S/C21H29N3O2/c1-5-26-20-11-16(2)9-10-19(20)14-24-21(22-3)23-13-17-7-6-8-18(12-17)15-25-4/h6-12H,5,13-15H2,1-4H3,(H2,22,23,24). The summed E-state index contributed by atoms with van der Waals surface area (Å²) < 4.78 is 10.9. The monoisotopic (exact) mass is 355 g/mol. The van der Waals surface area contributed by atoms with Gasteiger partial charge in [0.1, 0.15) is 5.75 Å². The summed E-state index contributed by atoms with van der Waals surface area (Å²) >= 11 is 0. The fourth-order valence-electron chi connectivity index (χ4n) is 2.68. The molecule has 0 aliphatic heterocycles. The first-order chi connectivity index (χ1) is 12.7. The van der Waals surface area contributed by atoms with Crippen LogP contribution >= 0.6 is 0 Å². The molecule has 0 spiro atoms. The molecule has 0 atom stereocenters. The highest BCUT2D eigenvalue weighted by Gasteiger charge is 2.06. The van der Waals surface area contributed by atoms with Gasteiger partial charge < -0.3 is 20.1 Å². The maximum Gasteiger partial charge on any atom is 0.191 e. The maximum absolute atomic E-state index is 5.74. The molecule has 2 rings (SSSR count). The molecule has 5 nitrogen and oxygen atoms in total. The normalized spacial score (nSPS) is 11.3. The van der Waals surface area contributed by atoms with E-state index in [0.717, 1.165) is 22.8 Å². The molecule has 0 unspecified atom stereocenters. The Balaban J connectivity index is 1.93. The van der Waals surface area contributed by atoms with Crippen molar-refractivity contribution in [3.8, 4) is 5.75 Å². The van der Waals surface area contributed by atoms with Crippen molar-refractivity contribution in [2.24, 2.45) is 4.99 Å². The Labute approximate surface area is 156 Å². The molecule has 5 heteroatoms. The Morgan fingerprint density at radius 3 is 2.54 bits per heavy atom. The van der Waals surface area contributed by atoms with Crippen molar-refractivity contribution >= 4 is 5.96 Å². The van der Waals surface area contributed by atoms with E-state index in [0.29, 0.717) is 26.3 Å². The lowest BCUT2D eigenvalue weighted by Gasteiger charge is -2.15. The number of aryl methyl sites for hydroxylation is 1. The summed E-state index contributed by atoms with van der Waals surface area (Å²) in [5.74, 6) is 1.67. The van der Waals surface area contributed by atoms with Crippen LogP contribution in [0.3, 0.4) is 0 Å². The van der Waals surface area contributed by atoms with E-state index in [1.807, 2.05) is 13.0 Å². The Hall–Kier alpha value is -2.53. The minimum atomic E-state index is 0.619. The quantitative estimate of drug-likeness (QED) is 0.563. The van der Waals surface area contributed by atoms with Gasteiger partial charge in [-0.25, -0.2) is 0 Å². The van der Waals surface area contributed by atoms with Crippen molar-refractivity contribution in [3.05, 3.63) is 64.7 Å². The molecule has 0 bridgehead atoms. The second kappa shape index (κ2) is 10.5. The van der Waals surface area contributed by atoms with Crippen LogP contribution < -0.4 is 15.4 Å². The summed E-state index contributed by atoms with van der Waals surface area (Å²) in [6.45, 7) is 6.69. The van der Waals surface area contributed by atoms with E-state index in [1.165, 1.54) is 11.1 Å². The van der Waals surface area contributed by atoms with Gasteiger partial charge in [0.25, 0.3) is 0 Å². The SMILES string of the molecule is CCOc1cc(C)ccc1CNC(=NC)NCc1cccc(COC)c1. The lowest BCUT2D eigenvalue weighted by Crippen LogP contribution is -2.36. The van der Waals surface area contributed by atoms with E-state index >= 15 is 0 Å². The molecule has 140 valence electrons. The maximum atomic E-state index is 5.74. The van der Waals surface area contributed by atoms with E-state index in [-0.39, 0.29) is 0 Å². The number of hydrogen-bond donors (Lipinski definition) is 2. The van der Waals surface area contributed by atoms with Crippen LogP contribution in [0.1, 0.15) is 29.2 Å². The number of guanidine groups is 1. The highest BCUT2D eigenvalue weighted by molar-refractivity contribution is 5.79. The first kappa shape index (κ1) is 19.8. The average Bonchev–Trinajstić information content (AvgIpc) is 2.64. The van der Waals surface area contributed by atoms with Crippen LogP contribution in [0.15, 0.2) is 47.5 Å². The van der Waals surface area contributed by atoms with Crippen molar-refractivity contribution in [1.29, 1.82) is 0 Å². The van der Waals surface area contributed by atoms with Crippen LogP contribution in [-0.4, -0.2) is 26.7 Å². The fourth-order valence-corrected chi connectivity index (χ4v) is 2.68. The number of benzene rings is 2. The fraction of sp³-hybridized carbons (Fsp3) is 0.381. The largest absolute Gasteiger partial charge is 0.494 e. The minimum Gasteiger partial charge on any atom is -0.494 e. The van der Waals surface area contributed by atoms with Gasteiger partial charge in [-0.1, -0.05) is 36.4 Å². The van der Waals surface area contributed by atoms with Crippen molar-refractivity contribution in [3.63, 3.8) is 0 Å². The third-order valence-corrected chi connectivity index (χ3v) is 3.95. The van der Waals surface area contributed by atoms with Crippen LogP contribution in [-0.2, 0) is 24.4 Å². The Kier molecular flexibility index (Phi) is 7.96. The summed E-state index contributed by atoms with van der Waals surface area (Å²) in [6.07, 6.45) is 0. The molecule has 0 aliphatic carbocycles. The van der Waals surface area contributed by atoms with Gasteiger partial charge in [-0.2, -0.15) is 0 Å². The van der Waals surface area contributed by atoms with E-state index in [9.17, 15) is 0 Å². The second-order valence-electron chi connectivity index (χ2n) is 6.08. The number of ether oxygens (including phenoxy) is 2. The first-order valence-corrected chi connectivity index (χ1v) is 8.89. The molecule has 0 radical (unpaired) electrons. The number of rotatable bonds is 8. The smallest absolute Gasteiger partial charge is 0.191 e. The molecule has 26 heavy (non-hydrogen) atoms. The van der Waals surface area contributed by atoms with Crippen LogP contribution in [0.25, 0.3) is 0 Å². The zero-order valence-corrected chi connectivity index (χ0v) is 16.1. The predicted octanol–water partition coefficient (Wildman–Crippen LogP) is 3.41. The lowest BCUT2D eigenvalue weighted by atomic mass is 10.1. The molecule has 2 N–H and O–H groups in total. The molecule has 0 aromatic heterocycles. The van der Waals surface area contributed by atoms with E-state index in [2.05, 4.69) is 58.9 Å². The zero-order valence-electron chi connectivity index (χ0n) is 16.1. The summed E-state index contributed by atoms with van der Waals surface area (Å²) in [7, 11) is 3.48. The molecular weight excluding hydrogens is 326 g/mol. The van der Waals surface area contributed by atoms with Crippen molar-refractivity contribution < 1.29 is 9.47 Å².